The molecule has 0 fully saturated rings. The molecule has 0 saturated heterocycles. The Kier molecular flexibility index (Phi) is 3.83. The van der Waals surface area contributed by atoms with Crippen LogP contribution in [0.3, 0.4) is 0 Å². The Hall–Kier alpha value is -0.590. The summed E-state index contributed by atoms with van der Waals surface area (Å²) >= 11 is 8.62. The summed E-state index contributed by atoms with van der Waals surface area (Å²) in [6.07, 6.45) is 0.766. The number of aromatic nitrogens is 4. The Morgan fingerprint density at radius 1 is 1.25 bits per heavy atom. The first-order chi connectivity index (χ1) is 7.72. The zero-order valence-electron chi connectivity index (χ0n) is 8.97. The van der Waals surface area contributed by atoms with E-state index in [-0.39, 0.29) is 0 Å². The summed E-state index contributed by atoms with van der Waals surface area (Å²) in [5, 5.41) is 14.3. The van der Waals surface area contributed by atoms with Crippen molar-refractivity contribution in [3.8, 4) is 9.88 Å². The molecule has 7 heteroatoms. The van der Waals surface area contributed by atoms with Crippen molar-refractivity contribution < 1.29 is 0 Å². The lowest BCUT2D eigenvalue weighted by Crippen LogP contribution is -1.90. The number of alkyl halides is 1. The van der Waals surface area contributed by atoms with Gasteiger partial charge in [0.15, 0.2) is 5.01 Å². The Labute approximate surface area is 107 Å². The van der Waals surface area contributed by atoms with E-state index >= 15 is 0 Å². The van der Waals surface area contributed by atoms with Crippen molar-refractivity contribution in [1.82, 2.24) is 19.8 Å². The molecule has 0 aromatic carbocycles. The molecule has 0 unspecified atom stereocenters. The van der Waals surface area contributed by atoms with Gasteiger partial charge in [0.25, 0.3) is 0 Å². The molecule has 2 aromatic heterocycles. The smallest absolute Gasteiger partial charge is 0.143 e. The minimum absolute atomic E-state index is 0.356. The molecule has 0 amide bonds. The van der Waals surface area contributed by atoms with E-state index < -0.39 is 0 Å². The van der Waals surface area contributed by atoms with Crippen LogP contribution in [0.2, 0.25) is 0 Å². The van der Waals surface area contributed by atoms with Gasteiger partial charge in [-0.05, 0) is 17.5 Å². The van der Waals surface area contributed by atoms with E-state index in [4.69, 9.17) is 11.6 Å². The predicted molar refractivity (Wildman–Crippen MR) is 67.3 cm³/mol. The molecule has 0 aliphatic carbocycles. The predicted octanol–water partition coefficient (Wildman–Crippen LogP) is 2.96. The van der Waals surface area contributed by atoms with Crippen LogP contribution < -0.4 is 0 Å². The van der Waals surface area contributed by atoms with Crippen molar-refractivity contribution >= 4 is 34.5 Å². The molecule has 0 atom stereocenters. The topological polar surface area (TPSA) is 51.6 Å². The molecular weight excluding hydrogens is 264 g/mol. The molecule has 2 heterocycles. The Balaban J connectivity index is 2.31. The summed E-state index contributed by atoms with van der Waals surface area (Å²) in [7, 11) is 0. The van der Waals surface area contributed by atoms with Gasteiger partial charge in [0.1, 0.15) is 9.88 Å². The van der Waals surface area contributed by atoms with Crippen LogP contribution in [0.5, 0.6) is 0 Å². The van der Waals surface area contributed by atoms with Crippen LogP contribution in [0.4, 0.5) is 0 Å². The number of rotatable bonds is 4. The van der Waals surface area contributed by atoms with Crippen LogP contribution in [0, 0.1) is 0 Å². The lowest BCUT2D eigenvalue weighted by Gasteiger charge is -1.99. The first kappa shape index (κ1) is 11.9. The fourth-order valence-electron chi connectivity index (χ4n) is 1.25. The molecule has 0 bridgehead atoms. The molecule has 0 radical (unpaired) electrons. The maximum Gasteiger partial charge on any atom is 0.161 e. The highest BCUT2D eigenvalue weighted by Gasteiger charge is 2.17. The van der Waals surface area contributed by atoms with E-state index in [1.807, 2.05) is 0 Å². The largest absolute Gasteiger partial charge is 0.161 e. The van der Waals surface area contributed by atoms with Crippen LogP contribution in [-0.4, -0.2) is 25.7 Å². The third kappa shape index (κ3) is 2.39. The summed E-state index contributed by atoms with van der Waals surface area (Å²) < 4.78 is 3.98. The molecule has 0 aliphatic heterocycles. The number of nitrogens with zero attached hydrogens (tertiary/aromatic N) is 4. The summed E-state index contributed by atoms with van der Waals surface area (Å²) in [6, 6.07) is 0. The van der Waals surface area contributed by atoms with E-state index in [0.717, 1.165) is 27.0 Å². The zero-order valence-corrected chi connectivity index (χ0v) is 11.4. The highest BCUT2D eigenvalue weighted by atomic mass is 35.5. The van der Waals surface area contributed by atoms with Crippen molar-refractivity contribution in [3.05, 3.63) is 10.7 Å². The van der Waals surface area contributed by atoms with Gasteiger partial charge in [0.05, 0.1) is 5.69 Å². The number of hydrogen-bond donors (Lipinski definition) is 0. The van der Waals surface area contributed by atoms with Crippen molar-refractivity contribution in [2.24, 2.45) is 0 Å². The van der Waals surface area contributed by atoms with Gasteiger partial charge in [0.2, 0.25) is 0 Å². The van der Waals surface area contributed by atoms with E-state index in [0.29, 0.717) is 11.8 Å². The first-order valence-corrected chi connectivity index (χ1v) is 7.05. The highest BCUT2D eigenvalue weighted by molar-refractivity contribution is 7.19. The molecule has 86 valence electrons. The van der Waals surface area contributed by atoms with Gasteiger partial charge in [-0.2, -0.15) is 0 Å². The molecule has 0 N–H and O–H groups in total. The van der Waals surface area contributed by atoms with Crippen LogP contribution >= 0.6 is 34.5 Å². The second-order valence-electron chi connectivity index (χ2n) is 3.58. The van der Waals surface area contributed by atoms with Crippen molar-refractivity contribution in [2.45, 2.75) is 26.2 Å². The minimum atomic E-state index is 0.356. The Morgan fingerprint density at radius 2 is 2.06 bits per heavy atom. The lowest BCUT2D eigenvalue weighted by atomic mass is 10.1. The Morgan fingerprint density at radius 3 is 2.75 bits per heavy atom. The normalized spacial score (nSPS) is 11.2. The average Bonchev–Trinajstić information content (AvgIpc) is 2.83. The van der Waals surface area contributed by atoms with E-state index in [2.05, 4.69) is 33.6 Å². The van der Waals surface area contributed by atoms with E-state index in [1.165, 1.54) is 11.5 Å². The fraction of sp³-hybridized carbons (Fsp3) is 0.556. The number of halogens is 1. The first-order valence-electron chi connectivity index (χ1n) is 4.93. The quantitative estimate of drug-likeness (QED) is 0.805. The molecule has 0 spiro atoms. The van der Waals surface area contributed by atoms with E-state index in [9.17, 15) is 0 Å². The molecule has 4 nitrogen and oxygen atoms in total. The molecule has 16 heavy (non-hydrogen) atoms. The monoisotopic (exact) mass is 274 g/mol. The molecular formula is C9H11ClN4S2. The van der Waals surface area contributed by atoms with Gasteiger partial charge in [0, 0.05) is 12.3 Å². The molecule has 0 saturated carbocycles. The lowest BCUT2D eigenvalue weighted by molar-refractivity contribution is 0.813. The number of hydrogen-bond acceptors (Lipinski definition) is 6. The highest BCUT2D eigenvalue weighted by Crippen LogP contribution is 2.32. The van der Waals surface area contributed by atoms with Crippen LogP contribution in [0.15, 0.2) is 0 Å². The summed E-state index contributed by atoms with van der Waals surface area (Å²) in [6.45, 7) is 4.20. The molecule has 2 rings (SSSR count). The second-order valence-corrected chi connectivity index (χ2v) is 5.78. The summed E-state index contributed by atoms with van der Waals surface area (Å²) in [5.74, 6) is 0.932. The minimum Gasteiger partial charge on any atom is -0.143 e. The molecule has 0 aliphatic rings. The van der Waals surface area contributed by atoms with Gasteiger partial charge < -0.3 is 0 Å². The maximum atomic E-state index is 5.67. The summed E-state index contributed by atoms with van der Waals surface area (Å²) in [5.41, 5.74) is 0.999. The van der Waals surface area contributed by atoms with Crippen molar-refractivity contribution in [3.63, 3.8) is 0 Å². The third-order valence-electron chi connectivity index (χ3n) is 2.03. The SMILES string of the molecule is CC(C)c1nnsc1-c1nnc(CCCl)s1. The van der Waals surface area contributed by atoms with Crippen molar-refractivity contribution in [1.29, 1.82) is 0 Å². The van der Waals surface area contributed by atoms with Gasteiger partial charge in [-0.25, -0.2) is 0 Å². The van der Waals surface area contributed by atoms with Gasteiger partial charge in [-0.3, -0.25) is 0 Å². The average molecular weight is 275 g/mol. The van der Waals surface area contributed by atoms with E-state index in [1.54, 1.807) is 11.3 Å². The molecule has 2 aromatic rings. The second kappa shape index (κ2) is 5.16. The van der Waals surface area contributed by atoms with Gasteiger partial charge >= 0.3 is 0 Å². The Bertz CT molecular complexity index is 466. The van der Waals surface area contributed by atoms with Crippen LogP contribution in [-0.2, 0) is 6.42 Å². The number of aryl methyl sites for hydroxylation is 1. The van der Waals surface area contributed by atoms with Gasteiger partial charge in [-0.1, -0.05) is 29.7 Å². The maximum absolute atomic E-state index is 5.67. The van der Waals surface area contributed by atoms with Crippen molar-refractivity contribution in [2.75, 3.05) is 5.88 Å². The standard InChI is InChI=1S/C9H11ClN4S2/c1-5(2)7-8(16-14-12-7)9-13-11-6(15-9)3-4-10/h5H,3-4H2,1-2H3. The fourth-order valence-corrected chi connectivity index (χ4v) is 3.27. The zero-order chi connectivity index (χ0) is 11.5. The van der Waals surface area contributed by atoms with Crippen LogP contribution in [0.1, 0.15) is 30.5 Å². The van der Waals surface area contributed by atoms with Crippen LogP contribution in [0.25, 0.3) is 9.88 Å². The third-order valence-corrected chi connectivity index (χ3v) is 4.10. The summed E-state index contributed by atoms with van der Waals surface area (Å²) in [4.78, 5) is 1.04. The van der Waals surface area contributed by atoms with Gasteiger partial charge in [-0.15, -0.1) is 26.9 Å².